The molecule has 15 heavy (non-hydrogen) atoms. The van der Waals surface area contributed by atoms with Crippen molar-refractivity contribution in [2.45, 2.75) is 36.9 Å². The van der Waals surface area contributed by atoms with Gasteiger partial charge in [-0.05, 0) is 40.7 Å². The van der Waals surface area contributed by atoms with Gasteiger partial charge in [-0.2, -0.15) is 0 Å². The largest absolute Gasteiger partial charge is 0.295 e. The van der Waals surface area contributed by atoms with E-state index in [1.54, 1.807) is 6.08 Å². The minimum Gasteiger partial charge on any atom is -0.295 e. The number of allylic oxidation sites excluding steroid dienone is 2. The van der Waals surface area contributed by atoms with Crippen LogP contribution in [0, 0.1) is 0 Å². The predicted molar refractivity (Wildman–Crippen MR) is 54.3 cm³/mol. The smallest absolute Gasteiger partial charge is 0.214 e. The lowest BCUT2D eigenvalue weighted by Crippen LogP contribution is -1.98. The van der Waals surface area contributed by atoms with E-state index in [2.05, 4.69) is 15.5 Å². The molecule has 2 aliphatic rings. The van der Waals surface area contributed by atoms with Gasteiger partial charge in [-0.25, -0.2) is 4.68 Å². The van der Waals surface area contributed by atoms with E-state index in [9.17, 15) is 4.79 Å². The molecular formula is C9H10N4OS. The lowest BCUT2D eigenvalue weighted by atomic mass is 10.3. The third kappa shape index (κ3) is 1.81. The van der Waals surface area contributed by atoms with Gasteiger partial charge >= 0.3 is 0 Å². The summed E-state index contributed by atoms with van der Waals surface area (Å²) < 4.78 is 1.87. The first-order chi connectivity index (χ1) is 7.33. The minimum absolute atomic E-state index is 0.211. The molecule has 1 heterocycles. The van der Waals surface area contributed by atoms with E-state index in [4.69, 9.17) is 0 Å². The maximum absolute atomic E-state index is 11.1. The normalized spacial score (nSPS) is 20.8. The van der Waals surface area contributed by atoms with E-state index in [1.165, 1.54) is 11.8 Å². The average Bonchev–Trinajstić information content (AvgIpc) is 2.83. The molecule has 0 saturated heterocycles. The monoisotopic (exact) mass is 222 g/mol. The Balaban J connectivity index is 1.78. The maximum Gasteiger partial charge on any atom is 0.214 e. The van der Waals surface area contributed by atoms with E-state index in [-0.39, 0.29) is 5.78 Å². The molecule has 0 aliphatic heterocycles. The number of thioether (sulfide) groups is 1. The summed E-state index contributed by atoms with van der Waals surface area (Å²) in [4.78, 5) is 12.1. The van der Waals surface area contributed by atoms with Crippen LogP contribution >= 0.6 is 11.8 Å². The summed E-state index contributed by atoms with van der Waals surface area (Å²) in [5, 5.41) is 12.4. The maximum atomic E-state index is 11.1. The molecule has 0 N–H and O–H groups in total. The van der Waals surface area contributed by atoms with Crippen molar-refractivity contribution < 1.29 is 4.79 Å². The van der Waals surface area contributed by atoms with E-state index in [0.717, 1.165) is 29.3 Å². The first-order valence-corrected chi connectivity index (χ1v) is 5.84. The molecule has 0 atom stereocenters. The summed E-state index contributed by atoms with van der Waals surface area (Å²) >= 11 is 1.52. The van der Waals surface area contributed by atoms with Crippen molar-refractivity contribution in [3.8, 4) is 0 Å². The van der Waals surface area contributed by atoms with Gasteiger partial charge in [-0.1, -0.05) is 11.8 Å². The summed E-state index contributed by atoms with van der Waals surface area (Å²) in [6.07, 6.45) is 5.50. The van der Waals surface area contributed by atoms with Crippen LogP contribution in [0.15, 0.2) is 16.1 Å². The summed E-state index contributed by atoms with van der Waals surface area (Å²) in [6.45, 7) is 0. The van der Waals surface area contributed by atoms with Crippen molar-refractivity contribution in [3.63, 3.8) is 0 Å². The van der Waals surface area contributed by atoms with Crippen molar-refractivity contribution in [1.29, 1.82) is 0 Å². The van der Waals surface area contributed by atoms with Crippen molar-refractivity contribution >= 4 is 17.5 Å². The van der Waals surface area contributed by atoms with Crippen LogP contribution in [0.2, 0.25) is 0 Å². The Bertz CT molecular complexity index is 435. The number of aromatic nitrogens is 4. The van der Waals surface area contributed by atoms with E-state index in [0.29, 0.717) is 12.5 Å². The number of hydrogen-bond donors (Lipinski definition) is 0. The van der Waals surface area contributed by atoms with Gasteiger partial charge < -0.3 is 0 Å². The standard InChI is InChI=1S/C9H10N4OS/c14-7-3-4-8(5-7)15-9-10-11-12-13(9)6-1-2-6/h5-6H,1-4H2. The zero-order chi connectivity index (χ0) is 10.3. The molecule has 6 heteroatoms. The lowest BCUT2D eigenvalue weighted by molar-refractivity contribution is -0.114. The first kappa shape index (κ1) is 9.08. The Labute approximate surface area is 90.9 Å². The van der Waals surface area contributed by atoms with Crippen molar-refractivity contribution in [2.75, 3.05) is 0 Å². The molecule has 0 aromatic carbocycles. The second kappa shape index (κ2) is 3.44. The van der Waals surface area contributed by atoms with Crippen LogP contribution < -0.4 is 0 Å². The second-order valence-electron chi connectivity index (χ2n) is 3.82. The molecule has 78 valence electrons. The predicted octanol–water partition coefficient (Wildman–Crippen LogP) is 1.35. The molecule has 1 aromatic heterocycles. The van der Waals surface area contributed by atoms with Gasteiger partial charge in [0.15, 0.2) is 5.78 Å². The van der Waals surface area contributed by atoms with Gasteiger partial charge in [-0.3, -0.25) is 4.79 Å². The van der Waals surface area contributed by atoms with Crippen LogP contribution in [0.25, 0.3) is 0 Å². The number of tetrazole rings is 1. The van der Waals surface area contributed by atoms with Crippen LogP contribution in [-0.2, 0) is 4.79 Å². The SMILES string of the molecule is O=C1C=C(Sc2nnnn2C2CC2)CC1. The van der Waals surface area contributed by atoms with Crippen molar-refractivity contribution in [3.05, 3.63) is 11.0 Å². The molecule has 0 unspecified atom stereocenters. The Morgan fingerprint density at radius 3 is 2.93 bits per heavy atom. The van der Waals surface area contributed by atoms with Crippen LogP contribution in [0.5, 0.6) is 0 Å². The average molecular weight is 222 g/mol. The van der Waals surface area contributed by atoms with Gasteiger partial charge in [-0.15, -0.1) is 5.10 Å². The fraction of sp³-hybridized carbons (Fsp3) is 0.556. The van der Waals surface area contributed by atoms with Gasteiger partial charge in [0.05, 0.1) is 6.04 Å². The lowest BCUT2D eigenvalue weighted by Gasteiger charge is -2.01. The number of nitrogens with zero attached hydrogens (tertiary/aromatic N) is 4. The number of hydrogen-bond acceptors (Lipinski definition) is 5. The molecule has 0 radical (unpaired) electrons. The molecule has 3 rings (SSSR count). The van der Waals surface area contributed by atoms with Gasteiger partial charge in [0.25, 0.3) is 0 Å². The summed E-state index contributed by atoms with van der Waals surface area (Å²) in [5.74, 6) is 0.211. The molecule has 0 bridgehead atoms. The molecule has 5 nitrogen and oxygen atoms in total. The Hall–Kier alpha value is -1.17. The molecule has 0 amide bonds. The zero-order valence-corrected chi connectivity index (χ0v) is 8.90. The molecule has 1 aromatic rings. The minimum atomic E-state index is 0.211. The van der Waals surface area contributed by atoms with Gasteiger partial charge in [0.1, 0.15) is 0 Å². The number of ketones is 1. The highest BCUT2D eigenvalue weighted by Crippen LogP contribution is 2.39. The van der Waals surface area contributed by atoms with Crippen LogP contribution in [0.4, 0.5) is 0 Å². The Morgan fingerprint density at radius 2 is 2.27 bits per heavy atom. The first-order valence-electron chi connectivity index (χ1n) is 5.02. The molecule has 1 fully saturated rings. The van der Waals surface area contributed by atoms with E-state index >= 15 is 0 Å². The second-order valence-corrected chi connectivity index (χ2v) is 4.91. The fourth-order valence-corrected chi connectivity index (χ4v) is 2.55. The number of carbonyl (C=O) groups is 1. The van der Waals surface area contributed by atoms with Crippen LogP contribution in [-0.4, -0.2) is 26.0 Å². The number of rotatable bonds is 3. The highest BCUT2D eigenvalue weighted by Gasteiger charge is 2.28. The molecule has 2 aliphatic carbocycles. The topological polar surface area (TPSA) is 60.7 Å². The number of carbonyl (C=O) groups excluding carboxylic acids is 1. The van der Waals surface area contributed by atoms with Gasteiger partial charge in [0, 0.05) is 6.42 Å². The molecule has 1 saturated carbocycles. The summed E-state index contributed by atoms with van der Waals surface area (Å²) in [5.41, 5.74) is 0. The van der Waals surface area contributed by atoms with Gasteiger partial charge in [0.2, 0.25) is 5.16 Å². The highest BCUT2D eigenvalue weighted by atomic mass is 32.2. The Kier molecular flexibility index (Phi) is 2.09. The highest BCUT2D eigenvalue weighted by molar-refractivity contribution is 8.03. The van der Waals surface area contributed by atoms with Crippen molar-refractivity contribution in [2.24, 2.45) is 0 Å². The molecular weight excluding hydrogens is 212 g/mol. The third-order valence-electron chi connectivity index (χ3n) is 2.52. The van der Waals surface area contributed by atoms with Crippen molar-refractivity contribution in [1.82, 2.24) is 20.2 Å². The van der Waals surface area contributed by atoms with E-state index < -0.39 is 0 Å². The molecule has 0 spiro atoms. The summed E-state index contributed by atoms with van der Waals surface area (Å²) in [6, 6.07) is 0.486. The Morgan fingerprint density at radius 1 is 1.40 bits per heavy atom. The fourth-order valence-electron chi connectivity index (χ4n) is 1.57. The quantitative estimate of drug-likeness (QED) is 0.772. The zero-order valence-electron chi connectivity index (χ0n) is 8.09. The summed E-state index contributed by atoms with van der Waals surface area (Å²) in [7, 11) is 0. The third-order valence-corrected chi connectivity index (χ3v) is 3.55. The van der Waals surface area contributed by atoms with Crippen LogP contribution in [0.1, 0.15) is 31.7 Å². The van der Waals surface area contributed by atoms with Crippen LogP contribution in [0.3, 0.4) is 0 Å². The van der Waals surface area contributed by atoms with E-state index in [1.807, 2.05) is 4.68 Å².